The van der Waals surface area contributed by atoms with Crippen molar-refractivity contribution in [2.75, 3.05) is 4.90 Å². The lowest BCUT2D eigenvalue weighted by molar-refractivity contribution is -0.122. The van der Waals surface area contributed by atoms with Gasteiger partial charge in [0.25, 0.3) is 5.91 Å². The third-order valence-electron chi connectivity index (χ3n) is 3.24. The Bertz CT molecular complexity index is 604. The molecule has 1 spiro atoms. The number of amides is 2. The van der Waals surface area contributed by atoms with Gasteiger partial charge >= 0.3 is 0 Å². The van der Waals surface area contributed by atoms with Gasteiger partial charge in [-0.15, -0.1) is 0 Å². The first-order valence-electron chi connectivity index (χ1n) is 5.71. The second kappa shape index (κ2) is 4.28. The minimum atomic E-state index is -1.12. The maximum atomic E-state index is 12.4. The van der Waals surface area contributed by atoms with Crippen molar-refractivity contribution < 1.29 is 9.59 Å². The van der Waals surface area contributed by atoms with Gasteiger partial charge in [-0.25, -0.2) is 4.90 Å². The number of hydrogen-bond acceptors (Lipinski definition) is 4. The van der Waals surface area contributed by atoms with Crippen LogP contribution in [0.4, 0.5) is 5.69 Å². The lowest BCUT2D eigenvalue weighted by Crippen LogP contribution is -2.38. The highest BCUT2D eigenvalue weighted by molar-refractivity contribution is 6.31. The van der Waals surface area contributed by atoms with Gasteiger partial charge in [0.1, 0.15) is 5.50 Å². The highest BCUT2D eigenvalue weighted by Crippen LogP contribution is 2.41. The van der Waals surface area contributed by atoms with Gasteiger partial charge in [0.15, 0.2) is 5.54 Å². The third-order valence-corrected chi connectivity index (χ3v) is 3.72. The Morgan fingerprint density at radius 3 is 2.79 bits per heavy atom. The number of benzene rings is 1. The Labute approximate surface area is 119 Å². The van der Waals surface area contributed by atoms with Gasteiger partial charge in [0.05, 0.1) is 12.1 Å². The monoisotopic (exact) mass is 297 g/mol. The number of alkyl halides is 1. The number of carbonyl (C=O) groups excluding carboxylic acids is 2. The fourth-order valence-corrected chi connectivity index (χ4v) is 2.86. The Balaban J connectivity index is 1.99. The summed E-state index contributed by atoms with van der Waals surface area (Å²) in [5, 5.41) is 8.15. The average molecular weight is 298 g/mol. The normalized spacial score (nSPS) is 29.8. The summed E-state index contributed by atoms with van der Waals surface area (Å²) in [6, 6.07) is 6.59. The molecule has 2 unspecified atom stereocenters. The van der Waals surface area contributed by atoms with Crippen molar-refractivity contribution in [3.8, 4) is 0 Å². The maximum Gasteiger partial charge on any atom is 0.264 e. The first-order valence-corrected chi connectivity index (χ1v) is 6.52. The molecule has 1 aromatic rings. The molecule has 0 radical (unpaired) electrons. The fraction of sp³-hybridized carbons (Fsp3) is 0.333. The summed E-state index contributed by atoms with van der Waals surface area (Å²) in [7, 11) is 0. The SMILES string of the molecule is O=C1CC2(CC(Cl)N=N2)C(=O)N1c1cccc(Cl)c1. The number of azo groups is 1. The molecule has 0 N–H and O–H groups in total. The predicted molar refractivity (Wildman–Crippen MR) is 70.4 cm³/mol. The van der Waals surface area contributed by atoms with E-state index in [4.69, 9.17) is 23.2 Å². The summed E-state index contributed by atoms with van der Waals surface area (Å²) in [5.74, 6) is -0.691. The van der Waals surface area contributed by atoms with Crippen LogP contribution in [0.25, 0.3) is 0 Å². The van der Waals surface area contributed by atoms with Gasteiger partial charge in [-0.3, -0.25) is 9.59 Å². The van der Waals surface area contributed by atoms with Crippen LogP contribution in [-0.4, -0.2) is 22.9 Å². The van der Waals surface area contributed by atoms with Crippen molar-refractivity contribution in [1.82, 2.24) is 0 Å². The number of hydrogen-bond donors (Lipinski definition) is 0. The Morgan fingerprint density at radius 2 is 2.16 bits per heavy atom. The fourth-order valence-electron chi connectivity index (χ4n) is 2.37. The van der Waals surface area contributed by atoms with Crippen LogP contribution in [0.2, 0.25) is 5.02 Å². The van der Waals surface area contributed by atoms with Gasteiger partial charge in [0.2, 0.25) is 5.91 Å². The average Bonchev–Trinajstić information content (AvgIpc) is 2.82. The van der Waals surface area contributed by atoms with E-state index in [1.54, 1.807) is 24.3 Å². The molecule has 7 heteroatoms. The van der Waals surface area contributed by atoms with Gasteiger partial charge in [-0.05, 0) is 18.2 Å². The predicted octanol–water partition coefficient (Wildman–Crippen LogP) is 2.76. The highest BCUT2D eigenvalue weighted by atomic mass is 35.5. The molecule has 2 aliphatic heterocycles. The molecule has 0 saturated carbocycles. The number of imide groups is 1. The summed E-state index contributed by atoms with van der Waals surface area (Å²) in [5.41, 5.74) is -1.21. The van der Waals surface area contributed by atoms with E-state index in [0.717, 1.165) is 4.90 Å². The first kappa shape index (κ1) is 12.6. The minimum Gasteiger partial charge on any atom is -0.274 e. The van der Waals surface area contributed by atoms with Crippen molar-refractivity contribution in [2.24, 2.45) is 10.2 Å². The zero-order chi connectivity index (χ0) is 13.6. The van der Waals surface area contributed by atoms with Crippen molar-refractivity contribution >= 4 is 40.7 Å². The lowest BCUT2D eigenvalue weighted by atomic mass is 9.95. The maximum absolute atomic E-state index is 12.4. The van der Waals surface area contributed by atoms with Gasteiger partial charge in [0, 0.05) is 11.4 Å². The molecule has 2 atom stereocenters. The topological polar surface area (TPSA) is 62.1 Å². The molecule has 1 fully saturated rings. The van der Waals surface area contributed by atoms with Gasteiger partial charge < -0.3 is 0 Å². The third kappa shape index (κ3) is 1.93. The molecule has 2 aliphatic rings. The van der Waals surface area contributed by atoms with Crippen LogP contribution in [-0.2, 0) is 9.59 Å². The van der Waals surface area contributed by atoms with Crippen LogP contribution in [0.3, 0.4) is 0 Å². The van der Waals surface area contributed by atoms with Gasteiger partial charge in [-0.2, -0.15) is 10.2 Å². The molecule has 0 aliphatic carbocycles. The summed E-state index contributed by atoms with van der Waals surface area (Å²) >= 11 is 11.7. The molecule has 1 aromatic carbocycles. The first-order chi connectivity index (χ1) is 9.02. The number of carbonyl (C=O) groups is 2. The van der Waals surface area contributed by atoms with E-state index < -0.39 is 11.0 Å². The molecule has 2 amide bonds. The zero-order valence-electron chi connectivity index (χ0n) is 9.72. The second-order valence-electron chi connectivity index (χ2n) is 4.58. The van der Waals surface area contributed by atoms with E-state index >= 15 is 0 Å². The van der Waals surface area contributed by atoms with Crippen molar-refractivity contribution in [1.29, 1.82) is 0 Å². The molecule has 19 heavy (non-hydrogen) atoms. The number of anilines is 1. The number of nitrogens with zero attached hydrogens (tertiary/aromatic N) is 3. The van der Waals surface area contributed by atoms with Crippen molar-refractivity contribution in [2.45, 2.75) is 23.9 Å². The molecule has 3 rings (SSSR count). The van der Waals surface area contributed by atoms with E-state index in [1.165, 1.54) is 0 Å². The van der Waals surface area contributed by atoms with E-state index in [0.29, 0.717) is 10.7 Å². The quantitative estimate of drug-likeness (QED) is 0.454. The zero-order valence-corrected chi connectivity index (χ0v) is 11.2. The van der Waals surface area contributed by atoms with E-state index in [1.807, 2.05) is 0 Å². The number of rotatable bonds is 1. The molecule has 2 heterocycles. The van der Waals surface area contributed by atoms with Crippen LogP contribution in [0, 0.1) is 0 Å². The van der Waals surface area contributed by atoms with Crippen LogP contribution in [0.5, 0.6) is 0 Å². The minimum absolute atomic E-state index is 0.00503. The standard InChI is InChI=1S/C12H9Cl2N3O2/c13-7-2-1-3-8(4-7)17-10(18)6-12(11(17)19)5-9(14)15-16-12/h1-4,9H,5-6H2. The van der Waals surface area contributed by atoms with Crippen LogP contribution < -0.4 is 4.90 Å². The smallest absolute Gasteiger partial charge is 0.264 e. The van der Waals surface area contributed by atoms with Crippen LogP contribution >= 0.6 is 23.2 Å². The largest absolute Gasteiger partial charge is 0.274 e. The molecule has 5 nitrogen and oxygen atoms in total. The lowest BCUT2D eigenvalue weighted by Gasteiger charge is -2.18. The molecule has 1 saturated heterocycles. The summed E-state index contributed by atoms with van der Waals surface area (Å²) < 4.78 is 0. The molecular formula is C12H9Cl2N3O2. The summed E-state index contributed by atoms with van der Waals surface area (Å²) in [6.45, 7) is 0. The van der Waals surface area contributed by atoms with Crippen molar-refractivity contribution in [3.05, 3.63) is 29.3 Å². The second-order valence-corrected chi connectivity index (χ2v) is 5.52. The highest BCUT2D eigenvalue weighted by Gasteiger charge is 2.56. The molecule has 0 bridgehead atoms. The summed E-state index contributed by atoms with van der Waals surface area (Å²) in [6.07, 6.45) is 0.265. The number of halogens is 2. The van der Waals surface area contributed by atoms with E-state index in [-0.39, 0.29) is 24.7 Å². The Hall–Kier alpha value is -1.46. The Kier molecular flexibility index (Phi) is 2.83. The Morgan fingerprint density at radius 1 is 1.37 bits per heavy atom. The van der Waals surface area contributed by atoms with Crippen molar-refractivity contribution in [3.63, 3.8) is 0 Å². The molecular weight excluding hydrogens is 289 g/mol. The van der Waals surface area contributed by atoms with Crippen LogP contribution in [0.1, 0.15) is 12.8 Å². The summed E-state index contributed by atoms with van der Waals surface area (Å²) in [4.78, 5) is 25.6. The molecule has 98 valence electrons. The van der Waals surface area contributed by atoms with Gasteiger partial charge in [-0.1, -0.05) is 29.3 Å². The molecule has 0 aromatic heterocycles. The van der Waals surface area contributed by atoms with E-state index in [9.17, 15) is 9.59 Å². The van der Waals surface area contributed by atoms with Crippen LogP contribution in [0.15, 0.2) is 34.5 Å². The van der Waals surface area contributed by atoms with E-state index in [2.05, 4.69) is 10.2 Å².